The smallest absolute Gasteiger partial charge is 0.337 e. The number of esters is 2. The van der Waals surface area contributed by atoms with Gasteiger partial charge in [-0.2, -0.15) is 0 Å². The first kappa shape index (κ1) is 18.3. The Kier molecular flexibility index (Phi) is 4.43. The van der Waals surface area contributed by atoms with E-state index in [1.165, 1.54) is 6.92 Å². The van der Waals surface area contributed by atoms with Gasteiger partial charge in [0.25, 0.3) is 0 Å². The summed E-state index contributed by atoms with van der Waals surface area (Å²) in [6, 6.07) is -0.883. The van der Waals surface area contributed by atoms with Gasteiger partial charge in [-0.25, -0.2) is 9.59 Å². The fraction of sp³-hybridized carbons (Fsp3) is 0.765. The molecule has 8 nitrogen and oxygen atoms in total. The third kappa shape index (κ3) is 3.08. The molecule has 3 aliphatic heterocycles. The molecular weight excluding hydrogens is 330 g/mol. The van der Waals surface area contributed by atoms with Crippen LogP contribution in [0.25, 0.3) is 0 Å². The molecule has 0 aromatic carbocycles. The van der Waals surface area contributed by atoms with Gasteiger partial charge in [-0.05, 0) is 26.7 Å². The quantitative estimate of drug-likeness (QED) is 0.275. The van der Waals surface area contributed by atoms with Crippen LogP contribution >= 0.6 is 0 Å². The minimum absolute atomic E-state index is 0.00527. The summed E-state index contributed by atoms with van der Waals surface area (Å²) < 4.78 is 10.1. The van der Waals surface area contributed by atoms with Gasteiger partial charge >= 0.3 is 11.9 Å². The van der Waals surface area contributed by atoms with E-state index in [9.17, 15) is 25.0 Å². The summed E-state index contributed by atoms with van der Waals surface area (Å²) in [5, 5.41) is 34.2. The van der Waals surface area contributed by atoms with Crippen molar-refractivity contribution in [1.82, 2.24) is 0 Å². The van der Waals surface area contributed by atoms with Gasteiger partial charge in [-0.3, -0.25) is 0 Å². The highest BCUT2D eigenvalue weighted by Crippen LogP contribution is 2.44. The fourth-order valence-electron chi connectivity index (χ4n) is 4.20. The number of rotatable bonds is 0. The lowest BCUT2D eigenvalue weighted by Gasteiger charge is -2.42. The Hall–Kier alpha value is -1.48. The van der Waals surface area contributed by atoms with Gasteiger partial charge in [-0.1, -0.05) is 6.08 Å². The Morgan fingerprint density at radius 3 is 2.68 bits per heavy atom. The maximum absolute atomic E-state index is 12.9. The van der Waals surface area contributed by atoms with Crippen LogP contribution in [0.2, 0.25) is 0 Å². The van der Waals surface area contributed by atoms with Crippen molar-refractivity contribution in [2.45, 2.75) is 62.9 Å². The van der Waals surface area contributed by atoms with Crippen LogP contribution in [0.5, 0.6) is 0 Å². The van der Waals surface area contributed by atoms with Gasteiger partial charge in [0.2, 0.25) is 0 Å². The highest BCUT2D eigenvalue weighted by atomic mass is 16.6. The number of hydrogen-bond donors (Lipinski definition) is 2. The summed E-state index contributed by atoms with van der Waals surface area (Å²) in [5.41, 5.74) is -3.03. The molecule has 3 rings (SSSR count). The molecule has 140 valence electrons. The van der Waals surface area contributed by atoms with Crippen LogP contribution in [0, 0.1) is 5.21 Å². The number of hydroxylamine groups is 3. The van der Waals surface area contributed by atoms with Crippen molar-refractivity contribution < 1.29 is 33.9 Å². The molecule has 5 atom stereocenters. The van der Waals surface area contributed by atoms with Gasteiger partial charge < -0.3 is 29.5 Å². The molecule has 0 spiro atoms. The first-order valence-corrected chi connectivity index (χ1v) is 8.67. The minimum atomic E-state index is -1.79. The lowest BCUT2D eigenvalue weighted by Crippen LogP contribution is -2.57. The first-order chi connectivity index (χ1) is 11.6. The molecule has 3 aliphatic rings. The van der Waals surface area contributed by atoms with Crippen LogP contribution in [0.4, 0.5) is 0 Å². The van der Waals surface area contributed by atoms with Crippen molar-refractivity contribution >= 4 is 11.9 Å². The SMILES string of the molecule is C/C=C1/CC[C@@](C)(O)C(=O)OC[C@@]2(O)CC[N@@+]3([O-])CC[C@@H](OC1=O)[C@@H]23. The zero-order valence-electron chi connectivity index (χ0n) is 14.6. The summed E-state index contributed by atoms with van der Waals surface area (Å²) in [5.74, 6) is -1.43. The normalized spacial score (nSPS) is 46.8. The van der Waals surface area contributed by atoms with Gasteiger partial charge in [-0.15, -0.1) is 0 Å². The van der Waals surface area contributed by atoms with Gasteiger partial charge in [0.15, 0.2) is 23.3 Å². The standard InChI is InChI=1S/C17H25NO7/c1-3-11-4-6-16(2,21)15(20)24-10-17(22)7-9-18(23)8-5-12(13(17)18)25-14(11)19/h3,12-13,21-22H,4-10H2,1-2H3/b11-3-/t12-,13+,16-,17+,18+/m1/s1. The third-order valence-electron chi connectivity index (χ3n) is 5.77. The predicted octanol–water partition coefficient (Wildman–Crippen LogP) is 0.154. The number of ether oxygens (including phenoxy) is 2. The van der Waals surface area contributed by atoms with Crippen LogP contribution in [0.1, 0.15) is 39.5 Å². The molecule has 0 amide bonds. The number of quaternary nitrogens is 1. The maximum Gasteiger partial charge on any atom is 0.337 e. The zero-order valence-corrected chi connectivity index (χ0v) is 14.6. The molecule has 0 aromatic rings. The van der Waals surface area contributed by atoms with E-state index in [2.05, 4.69) is 0 Å². The van der Waals surface area contributed by atoms with E-state index in [-0.39, 0.29) is 39.0 Å². The Morgan fingerprint density at radius 1 is 1.28 bits per heavy atom. The van der Waals surface area contributed by atoms with Crippen molar-refractivity contribution in [2.75, 3.05) is 19.7 Å². The minimum Gasteiger partial charge on any atom is -0.632 e. The van der Waals surface area contributed by atoms with Crippen molar-refractivity contribution in [3.8, 4) is 0 Å². The van der Waals surface area contributed by atoms with Gasteiger partial charge in [0, 0.05) is 18.4 Å². The largest absolute Gasteiger partial charge is 0.632 e. The van der Waals surface area contributed by atoms with Crippen LogP contribution in [0.3, 0.4) is 0 Å². The average Bonchev–Trinajstić information content (AvgIpc) is 3.01. The molecule has 0 saturated carbocycles. The molecule has 0 aliphatic carbocycles. The second-order valence-corrected chi connectivity index (χ2v) is 7.59. The third-order valence-corrected chi connectivity index (χ3v) is 5.77. The molecule has 2 N–H and O–H groups in total. The van der Waals surface area contributed by atoms with Crippen molar-refractivity contribution in [3.05, 3.63) is 16.9 Å². The second kappa shape index (κ2) is 6.05. The summed E-state index contributed by atoms with van der Waals surface area (Å²) in [6.07, 6.45) is 1.52. The van der Waals surface area contributed by atoms with E-state index < -0.39 is 39.9 Å². The highest BCUT2D eigenvalue weighted by molar-refractivity contribution is 5.88. The van der Waals surface area contributed by atoms with Crippen LogP contribution in [0.15, 0.2) is 11.6 Å². The average molecular weight is 355 g/mol. The Balaban J connectivity index is 1.95. The van der Waals surface area contributed by atoms with Crippen molar-refractivity contribution in [3.63, 3.8) is 0 Å². The molecule has 0 unspecified atom stereocenters. The number of aliphatic hydroxyl groups is 2. The number of allylic oxidation sites excluding steroid dienone is 1. The monoisotopic (exact) mass is 355 g/mol. The molecule has 8 heteroatoms. The van der Waals surface area contributed by atoms with Crippen LogP contribution in [-0.4, -0.2) is 69.8 Å². The second-order valence-electron chi connectivity index (χ2n) is 7.59. The maximum atomic E-state index is 12.9. The molecule has 0 radical (unpaired) electrons. The molecule has 3 saturated heterocycles. The summed E-state index contributed by atoms with van der Waals surface area (Å²) in [7, 11) is 0. The number of hydrogen-bond acceptors (Lipinski definition) is 7. The number of cyclic esters (lactones) is 1. The molecule has 3 fully saturated rings. The van der Waals surface area contributed by atoms with E-state index in [0.29, 0.717) is 12.0 Å². The molecule has 0 aromatic heterocycles. The van der Waals surface area contributed by atoms with E-state index in [4.69, 9.17) is 9.47 Å². The highest BCUT2D eigenvalue weighted by Gasteiger charge is 2.62. The lowest BCUT2D eigenvalue weighted by atomic mass is 9.91. The Bertz CT molecular complexity index is 616. The summed E-state index contributed by atoms with van der Waals surface area (Å²) in [6.45, 7) is 3.02. The summed E-state index contributed by atoms with van der Waals surface area (Å²) >= 11 is 0. The van der Waals surface area contributed by atoms with Crippen molar-refractivity contribution in [1.29, 1.82) is 0 Å². The van der Waals surface area contributed by atoms with Crippen LogP contribution < -0.4 is 0 Å². The Labute approximate surface area is 146 Å². The zero-order chi connectivity index (χ0) is 18.5. The molecule has 0 bridgehead atoms. The fourth-order valence-corrected chi connectivity index (χ4v) is 4.20. The Morgan fingerprint density at radius 2 is 2.00 bits per heavy atom. The molecule has 25 heavy (non-hydrogen) atoms. The lowest BCUT2D eigenvalue weighted by molar-refractivity contribution is -0.884. The predicted molar refractivity (Wildman–Crippen MR) is 85.8 cm³/mol. The van der Waals surface area contributed by atoms with Gasteiger partial charge in [0.1, 0.15) is 6.61 Å². The molecule has 3 heterocycles. The van der Waals surface area contributed by atoms with Crippen LogP contribution in [-0.2, 0) is 19.1 Å². The van der Waals surface area contributed by atoms with E-state index in [1.54, 1.807) is 13.0 Å². The topological polar surface area (TPSA) is 116 Å². The molecular formula is C17H25NO7. The van der Waals surface area contributed by atoms with Gasteiger partial charge in [0.05, 0.1) is 13.1 Å². The van der Waals surface area contributed by atoms with E-state index in [0.717, 1.165) is 0 Å². The number of carbonyl (C=O) groups is 2. The number of carbonyl (C=O) groups excluding carboxylic acids is 2. The number of nitrogens with zero attached hydrogens (tertiary/aromatic N) is 1. The van der Waals surface area contributed by atoms with E-state index >= 15 is 0 Å². The first-order valence-electron chi connectivity index (χ1n) is 8.67. The summed E-state index contributed by atoms with van der Waals surface area (Å²) in [4.78, 5) is 24.7. The van der Waals surface area contributed by atoms with E-state index in [1.807, 2.05) is 0 Å². The van der Waals surface area contributed by atoms with Crippen molar-refractivity contribution in [2.24, 2.45) is 0 Å².